The number of anilines is 9. The molecule has 438 valence electrons. The molecular weight excluding hydrogens is 1160 g/mol. The third-order valence-corrected chi connectivity index (χ3v) is 17.4. The maximum Gasteiger partial charge on any atom is 0.200 e. The summed E-state index contributed by atoms with van der Waals surface area (Å²) in [5, 5.41) is 0. The third kappa shape index (κ3) is 7.60. The maximum atomic E-state index is 18.3. The lowest BCUT2D eigenvalue weighted by Crippen LogP contribution is -2.34. The minimum absolute atomic E-state index is 0.140. The van der Waals surface area contributed by atoms with E-state index in [4.69, 9.17) is 0 Å². The second-order valence-electron chi connectivity index (χ2n) is 23.0. The van der Waals surface area contributed by atoms with E-state index in [2.05, 4.69) is 0 Å². The first-order chi connectivity index (χ1) is 41.3. The third-order valence-electron chi connectivity index (χ3n) is 17.4. The van der Waals surface area contributed by atoms with Crippen LogP contribution in [0.5, 0.6) is 0 Å². The van der Waals surface area contributed by atoms with Crippen LogP contribution >= 0.6 is 0 Å². The Hall–Kier alpha value is -9.45. The van der Waals surface area contributed by atoms with Gasteiger partial charge in [0, 0.05) is 32.9 Å². The summed E-state index contributed by atoms with van der Waals surface area (Å²) in [6.07, 6.45) is 0. The molecule has 87 heavy (non-hydrogen) atoms. The van der Waals surface area contributed by atoms with Crippen LogP contribution in [0.3, 0.4) is 0 Å². The van der Waals surface area contributed by atoms with E-state index in [-0.39, 0.29) is 67.5 Å². The van der Waals surface area contributed by atoms with Crippen LogP contribution in [0.1, 0.15) is 74.9 Å². The lowest BCUT2D eigenvalue weighted by Gasteiger charge is -2.48. The number of fused-ring (bicyclic) bond motifs is 6. The van der Waals surface area contributed by atoms with Crippen molar-refractivity contribution >= 4 is 51.2 Å². The Morgan fingerprint density at radius 1 is 0.195 bits per heavy atom. The van der Waals surface area contributed by atoms with Crippen LogP contribution in [0.2, 0.25) is 0 Å². The zero-order valence-electron chi connectivity index (χ0n) is 46.4. The lowest BCUT2D eigenvalue weighted by molar-refractivity contribution is 0.381. The molecule has 0 bridgehead atoms. The van der Waals surface area contributed by atoms with E-state index in [0.717, 1.165) is 14.7 Å². The molecule has 13 rings (SSSR count). The summed E-state index contributed by atoms with van der Waals surface area (Å²) in [6.45, 7) is 10.4. The van der Waals surface area contributed by atoms with Crippen molar-refractivity contribution in [1.82, 2.24) is 0 Å². The predicted molar refractivity (Wildman–Crippen MR) is 303 cm³/mol. The molecule has 0 atom stereocenters. The zero-order valence-corrected chi connectivity index (χ0v) is 46.4. The number of halogens is 15. The van der Waals surface area contributed by atoms with Crippen molar-refractivity contribution in [3.63, 3.8) is 0 Å². The summed E-state index contributed by atoms with van der Waals surface area (Å²) in [7, 11) is 0. The second-order valence-corrected chi connectivity index (χ2v) is 23.0. The molecule has 0 saturated carbocycles. The molecule has 0 saturated heterocycles. The predicted octanol–water partition coefficient (Wildman–Crippen LogP) is 21.1. The van der Waals surface area contributed by atoms with Crippen LogP contribution in [-0.2, 0) is 16.2 Å². The standard InChI is InChI=1S/C69H42F15N3/c1-67(2)31-19-7-13-25-37(31)85(38-26-14-8-20-32(38)67)64-46(43-49(70)55(76)61(82)56(77)50(43)71)65(86-39-27-15-9-21-33(39)68(3,4)34-22-10-16-28-40(34)86)48(45-53(74)59(80)63(84)60(81)54(45)75)66(47(64)44-51(72)57(78)62(83)58(79)52(44)73)87-41-29-17-11-23-35(41)69(5,6)36-24-12-18-30-42(36)87/h7-30H,1-6H3. The summed E-state index contributed by atoms with van der Waals surface area (Å²) in [5.41, 5.74) is -17.3. The first-order valence-electron chi connectivity index (χ1n) is 27.1. The van der Waals surface area contributed by atoms with E-state index in [1.165, 1.54) is 72.8 Å². The van der Waals surface area contributed by atoms with Gasteiger partial charge in [-0.25, -0.2) is 65.9 Å². The van der Waals surface area contributed by atoms with Crippen molar-refractivity contribution in [1.29, 1.82) is 0 Å². The number of para-hydroxylation sites is 6. The first kappa shape index (κ1) is 56.7. The van der Waals surface area contributed by atoms with Crippen molar-refractivity contribution < 1.29 is 65.9 Å². The molecule has 3 aliphatic heterocycles. The van der Waals surface area contributed by atoms with Crippen molar-refractivity contribution in [2.24, 2.45) is 0 Å². The molecule has 0 unspecified atom stereocenters. The summed E-state index contributed by atoms with van der Waals surface area (Å²) < 4.78 is 259. The fourth-order valence-corrected chi connectivity index (χ4v) is 13.3. The average Bonchev–Trinajstić information content (AvgIpc) is 0.712. The largest absolute Gasteiger partial charge is 0.308 e. The van der Waals surface area contributed by atoms with Gasteiger partial charge in [0.1, 0.15) is 0 Å². The molecule has 0 aromatic heterocycles. The number of hydrogen-bond acceptors (Lipinski definition) is 3. The molecule has 0 fully saturated rings. The average molecular weight is 1200 g/mol. The van der Waals surface area contributed by atoms with E-state index in [9.17, 15) is 0 Å². The van der Waals surface area contributed by atoms with Crippen LogP contribution in [-0.4, -0.2) is 0 Å². The highest BCUT2D eigenvalue weighted by atomic mass is 19.2. The Bertz CT molecular complexity index is 3950. The van der Waals surface area contributed by atoms with Crippen molar-refractivity contribution in [2.75, 3.05) is 14.7 Å². The van der Waals surface area contributed by atoms with E-state index >= 15 is 65.9 Å². The number of rotatable bonds is 6. The Morgan fingerprint density at radius 3 is 0.494 bits per heavy atom. The molecule has 10 aromatic carbocycles. The van der Waals surface area contributed by atoms with Crippen molar-refractivity contribution in [3.8, 4) is 33.4 Å². The van der Waals surface area contributed by atoms with Crippen molar-refractivity contribution in [3.05, 3.63) is 266 Å². The molecule has 10 aromatic rings. The van der Waals surface area contributed by atoms with E-state index in [1.54, 1.807) is 114 Å². The van der Waals surface area contributed by atoms with Crippen LogP contribution < -0.4 is 14.7 Å². The SMILES string of the molecule is CC1(C)c2ccccc2N(c2c(-c3c(F)c(F)c(F)c(F)c3F)c(N3c4ccccc4C(C)(C)c4ccccc43)c(-c3c(F)c(F)c(F)c(F)c3F)c(N3c4ccccc4C(C)(C)c4ccccc43)c2-c2c(F)c(F)c(F)c(F)c2F)c2ccccc21. The van der Waals surface area contributed by atoms with E-state index < -0.39 is 154 Å². The highest BCUT2D eigenvalue weighted by molar-refractivity contribution is 6.19. The maximum absolute atomic E-state index is 18.3. The molecule has 0 N–H and O–H groups in total. The number of benzene rings is 10. The summed E-state index contributed by atoms with van der Waals surface area (Å²) >= 11 is 0. The van der Waals surface area contributed by atoms with Gasteiger partial charge < -0.3 is 14.7 Å². The van der Waals surface area contributed by atoms with Gasteiger partial charge in [-0.1, -0.05) is 151 Å². The zero-order chi connectivity index (χ0) is 62.0. The fraction of sp³-hybridized carbons (Fsp3) is 0.130. The molecule has 18 heteroatoms. The number of nitrogens with zero attached hydrogens (tertiary/aromatic N) is 3. The molecule has 3 nitrogen and oxygen atoms in total. The molecular formula is C69H42F15N3. The Balaban J connectivity index is 1.49. The topological polar surface area (TPSA) is 9.72 Å². The minimum atomic E-state index is -2.76. The molecule has 0 spiro atoms. The second kappa shape index (κ2) is 19.5. The fourth-order valence-electron chi connectivity index (χ4n) is 13.3. The van der Waals surface area contributed by atoms with Gasteiger partial charge in [0.15, 0.2) is 69.8 Å². The summed E-state index contributed by atoms with van der Waals surface area (Å²) in [6, 6.07) is 35.4. The Kier molecular flexibility index (Phi) is 12.7. The molecule has 0 aliphatic carbocycles. The van der Waals surface area contributed by atoms with E-state index in [1.807, 2.05) is 0 Å². The van der Waals surface area contributed by atoms with Gasteiger partial charge in [-0.15, -0.1) is 0 Å². The van der Waals surface area contributed by atoms with Gasteiger partial charge in [-0.3, -0.25) is 0 Å². The molecule has 0 radical (unpaired) electrons. The van der Waals surface area contributed by atoms with Gasteiger partial charge in [0.2, 0.25) is 17.5 Å². The van der Waals surface area contributed by atoms with Crippen LogP contribution in [0, 0.1) is 87.3 Å². The van der Waals surface area contributed by atoms with Gasteiger partial charge in [-0.05, 0) is 69.8 Å². The van der Waals surface area contributed by atoms with Crippen LogP contribution in [0.4, 0.5) is 117 Å². The summed E-state index contributed by atoms with van der Waals surface area (Å²) in [4.78, 5) is 3.09. The molecule has 3 heterocycles. The Labute approximate surface area is 487 Å². The highest BCUT2D eigenvalue weighted by Gasteiger charge is 2.50. The lowest BCUT2D eigenvalue weighted by atomic mass is 9.71. The molecule has 3 aliphatic rings. The smallest absolute Gasteiger partial charge is 0.200 e. The Morgan fingerprint density at radius 2 is 0.333 bits per heavy atom. The van der Waals surface area contributed by atoms with Crippen LogP contribution in [0.25, 0.3) is 33.4 Å². The minimum Gasteiger partial charge on any atom is -0.308 e. The first-order valence-corrected chi connectivity index (χ1v) is 27.1. The quantitative estimate of drug-likeness (QED) is 0.0933. The van der Waals surface area contributed by atoms with Gasteiger partial charge in [-0.2, -0.15) is 0 Å². The summed E-state index contributed by atoms with van der Waals surface area (Å²) in [5.74, 6) is -40.8. The monoisotopic (exact) mass is 1200 g/mol. The van der Waals surface area contributed by atoms with E-state index in [0.29, 0.717) is 0 Å². The number of hydrogen-bond donors (Lipinski definition) is 0. The van der Waals surface area contributed by atoms with Gasteiger partial charge >= 0.3 is 0 Å². The normalized spacial score (nSPS) is 14.9. The van der Waals surface area contributed by atoms with Gasteiger partial charge in [0.05, 0.1) is 67.9 Å². The van der Waals surface area contributed by atoms with Crippen molar-refractivity contribution in [2.45, 2.75) is 57.8 Å². The van der Waals surface area contributed by atoms with Crippen LogP contribution in [0.15, 0.2) is 146 Å². The molecule has 0 amide bonds. The van der Waals surface area contributed by atoms with Gasteiger partial charge in [0.25, 0.3) is 0 Å². The highest BCUT2D eigenvalue weighted by Crippen LogP contribution is 2.69.